The molecule has 1 rings (SSSR count). The number of hydrogen-bond acceptors (Lipinski definition) is 2. The van der Waals surface area contributed by atoms with E-state index in [2.05, 4.69) is 15.4 Å². The number of carbonyl (C=O) groups excluding carboxylic acids is 1. The molecule has 1 aromatic carbocycles. The first kappa shape index (κ1) is 15.1. The van der Waals surface area contributed by atoms with Gasteiger partial charge in [0.2, 0.25) is 0 Å². The highest BCUT2D eigenvalue weighted by atomic mass is 19.3. The van der Waals surface area contributed by atoms with Crippen molar-refractivity contribution >= 4 is 11.7 Å². The number of urea groups is 1. The molecule has 0 saturated carbocycles. The maximum Gasteiger partial charge on any atom is 0.461 e. The van der Waals surface area contributed by atoms with Gasteiger partial charge in [-0.15, -0.1) is 0 Å². The van der Waals surface area contributed by atoms with E-state index in [1.807, 2.05) is 0 Å². The van der Waals surface area contributed by atoms with Gasteiger partial charge in [0.25, 0.3) is 0 Å². The minimum absolute atomic E-state index is 0.189. The van der Waals surface area contributed by atoms with Crippen molar-refractivity contribution in [3.05, 3.63) is 23.8 Å². The number of alkyl halides is 4. The van der Waals surface area contributed by atoms with Crippen LogP contribution in [0.1, 0.15) is 5.56 Å². The lowest BCUT2D eigenvalue weighted by atomic mass is 10.2. The molecule has 0 heterocycles. The number of ether oxygens (including phenoxy) is 1. The van der Waals surface area contributed by atoms with E-state index in [4.69, 9.17) is 0 Å². The summed E-state index contributed by atoms with van der Waals surface area (Å²) in [5.74, 6) is -0.382. The summed E-state index contributed by atoms with van der Waals surface area (Å²) in [5, 5.41) is 4.70. The minimum atomic E-state index is -4.56. The summed E-state index contributed by atoms with van der Waals surface area (Å²) in [6.45, 7) is 1.39. The second-order valence-electron chi connectivity index (χ2n) is 3.65. The number of carbonyl (C=O) groups is 1. The van der Waals surface area contributed by atoms with E-state index in [0.717, 1.165) is 6.07 Å². The lowest BCUT2D eigenvalue weighted by molar-refractivity contribution is -0.253. The molecule has 0 atom stereocenters. The summed E-state index contributed by atoms with van der Waals surface area (Å²) in [5.41, 5.74) is 0.513. The molecule has 106 valence electrons. The number of amides is 2. The van der Waals surface area contributed by atoms with Gasteiger partial charge >= 0.3 is 18.6 Å². The molecule has 0 radical (unpaired) electrons. The number of anilines is 1. The monoisotopic (exact) mass is 280 g/mol. The van der Waals surface area contributed by atoms with Crippen LogP contribution in [0.2, 0.25) is 0 Å². The zero-order valence-electron chi connectivity index (χ0n) is 10.1. The fraction of sp³-hybridized carbons (Fsp3) is 0.364. The van der Waals surface area contributed by atoms with Crippen LogP contribution in [0, 0.1) is 6.92 Å². The number of benzene rings is 1. The largest absolute Gasteiger partial charge is 0.461 e. The van der Waals surface area contributed by atoms with Gasteiger partial charge in [-0.1, -0.05) is 0 Å². The molecular formula is C11H12F4N2O2. The van der Waals surface area contributed by atoms with Crippen LogP contribution in [-0.4, -0.2) is 25.6 Å². The number of rotatable bonds is 4. The third-order valence-electron chi connectivity index (χ3n) is 2.16. The van der Waals surface area contributed by atoms with Crippen LogP contribution in [0.15, 0.2) is 18.2 Å². The smallest absolute Gasteiger partial charge is 0.428 e. The van der Waals surface area contributed by atoms with E-state index in [9.17, 15) is 22.4 Å². The van der Waals surface area contributed by atoms with Crippen LogP contribution in [-0.2, 0) is 0 Å². The van der Waals surface area contributed by atoms with Crippen molar-refractivity contribution in [2.75, 3.05) is 12.4 Å². The van der Waals surface area contributed by atoms with Crippen LogP contribution in [0.3, 0.4) is 0 Å². The Morgan fingerprint density at radius 1 is 1.37 bits per heavy atom. The zero-order chi connectivity index (χ0) is 14.6. The average molecular weight is 280 g/mol. The van der Waals surface area contributed by atoms with Gasteiger partial charge in [-0.05, 0) is 30.7 Å². The quantitative estimate of drug-likeness (QED) is 0.833. The van der Waals surface area contributed by atoms with Crippen molar-refractivity contribution in [2.24, 2.45) is 0 Å². The van der Waals surface area contributed by atoms with Crippen LogP contribution in [0.25, 0.3) is 0 Å². The number of nitrogens with one attached hydrogen (secondary N) is 2. The Morgan fingerprint density at radius 2 is 2.00 bits per heavy atom. The second kappa shape index (κ2) is 5.77. The van der Waals surface area contributed by atoms with E-state index in [0.29, 0.717) is 5.69 Å². The van der Waals surface area contributed by atoms with Crippen molar-refractivity contribution in [3.8, 4) is 5.75 Å². The molecule has 0 spiro atoms. The molecule has 2 amide bonds. The van der Waals surface area contributed by atoms with E-state index in [1.165, 1.54) is 26.1 Å². The van der Waals surface area contributed by atoms with Crippen LogP contribution in [0.5, 0.6) is 5.75 Å². The van der Waals surface area contributed by atoms with Gasteiger partial charge in [-0.25, -0.2) is 4.79 Å². The molecular weight excluding hydrogens is 268 g/mol. The molecule has 8 heteroatoms. The van der Waals surface area contributed by atoms with Gasteiger partial charge in [0.05, 0.1) is 0 Å². The third kappa shape index (κ3) is 4.01. The van der Waals surface area contributed by atoms with Crippen LogP contribution >= 0.6 is 0 Å². The number of aryl methyl sites for hydroxylation is 1. The first-order valence-electron chi connectivity index (χ1n) is 5.20. The van der Waals surface area contributed by atoms with Gasteiger partial charge < -0.3 is 15.4 Å². The summed E-state index contributed by atoms with van der Waals surface area (Å²) < 4.78 is 53.4. The molecule has 0 unspecified atom stereocenters. The van der Waals surface area contributed by atoms with Crippen LogP contribution < -0.4 is 15.4 Å². The Labute approximate surface area is 106 Å². The van der Waals surface area contributed by atoms with Gasteiger partial charge in [0.15, 0.2) is 0 Å². The third-order valence-corrected chi connectivity index (χ3v) is 2.16. The summed E-state index contributed by atoms with van der Waals surface area (Å²) in [7, 11) is 1.41. The van der Waals surface area contributed by atoms with Crippen molar-refractivity contribution < 1.29 is 27.1 Å². The summed E-state index contributed by atoms with van der Waals surface area (Å²) in [6.07, 6.45) is -8.48. The Morgan fingerprint density at radius 3 is 2.47 bits per heavy atom. The molecule has 0 aromatic heterocycles. The second-order valence-corrected chi connectivity index (χ2v) is 3.65. The molecule has 0 saturated heterocycles. The van der Waals surface area contributed by atoms with E-state index in [-0.39, 0.29) is 11.3 Å². The number of hydrogen-bond donors (Lipinski definition) is 2. The van der Waals surface area contributed by atoms with Crippen molar-refractivity contribution in [1.82, 2.24) is 5.32 Å². The normalized spacial score (nSPS) is 11.3. The minimum Gasteiger partial charge on any atom is -0.428 e. The van der Waals surface area contributed by atoms with Crippen LogP contribution in [0.4, 0.5) is 28.0 Å². The molecule has 0 bridgehead atoms. The highest BCUT2D eigenvalue weighted by molar-refractivity contribution is 5.89. The number of halogens is 4. The Balaban J connectivity index is 2.86. The standard InChI is InChI=1S/C11H12F4N2O2/c1-6-5-7(17-10(18)16-2)3-4-8(6)19-11(14,15)9(12)13/h3-5,9H,1-2H3,(H2,16,17,18). The maximum absolute atomic E-state index is 12.7. The molecule has 0 fully saturated rings. The molecule has 0 aliphatic carbocycles. The van der Waals surface area contributed by atoms with Crippen molar-refractivity contribution in [1.29, 1.82) is 0 Å². The lowest BCUT2D eigenvalue weighted by Gasteiger charge is -2.18. The highest BCUT2D eigenvalue weighted by Gasteiger charge is 2.44. The Kier molecular flexibility index (Phi) is 4.57. The molecule has 0 aliphatic heterocycles. The highest BCUT2D eigenvalue weighted by Crippen LogP contribution is 2.30. The van der Waals surface area contributed by atoms with E-state index in [1.54, 1.807) is 0 Å². The Hall–Kier alpha value is -1.99. The topological polar surface area (TPSA) is 50.4 Å². The van der Waals surface area contributed by atoms with E-state index >= 15 is 0 Å². The summed E-state index contributed by atoms with van der Waals surface area (Å²) >= 11 is 0. The fourth-order valence-corrected chi connectivity index (χ4v) is 1.23. The summed E-state index contributed by atoms with van der Waals surface area (Å²) in [4.78, 5) is 11.0. The lowest BCUT2D eigenvalue weighted by Crippen LogP contribution is -2.33. The Bertz CT molecular complexity index is 466. The first-order chi connectivity index (χ1) is 8.76. The predicted octanol–water partition coefficient (Wildman–Crippen LogP) is 2.98. The fourth-order valence-electron chi connectivity index (χ4n) is 1.23. The molecule has 1 aromatic rings. The summed E-state index contributed by atoms with van der Waals surface area (Å²) in [6, 6.07) is 3.17. The van der Waals surface area contributed by atoms with Gasteiger partial charge in [0, 0.05) is 12.7 Å². The van der Waals surface area contributed by atoms with Crippen molar-refractivity contribution in [2.45, 2.75) is 19.5 Å². The zero-order valence-corrected chi connectivity index (χ0v) is 10.1. The molecule has 0 aliphatic rings. The van der Waals surface area contributed by atoms with Gasteiger partial charge in [-0.2, -0.15) is 17.6 Å². The first-order valence-corrected chi connectivity index (χ1v) is 5.20. The SMILES string of the molecule is CNC(=O)Nc1ccc(OC(F)(F)C(F)F)c(C)c1. The molecule has 4 nitrogen and oxygen atoms in total. The maximum atomic E-state index is 12.7. The van der Waals surface area contributed by atoms with Gasteiger partial charge in [-0.3, -0.25) is 0 Å². The molecule has 2 N–H and O–H groups in total. The van der Waals surface area contributed by atoms with E-state index < -0.39 is 18.6 Å². The predicted molar refractivity (Wildman–Crippen MR) is 60.8 cm³/mol. The molecule has 19 heavy (non-hydrogen) atoms. The van der Waals surface area contributed by atoms with Crippen molar-refractivity contribution in [3.63, 3.8) is 0 Å². The average Bonchev–Trinajstić information content (AvgIpc) is 2.32. The van der Waals surface area contributed by atoms with Gasteiger partial charge in [0.1, 0.15) is 5.75 Å².